The smallest absolute Gasteiger partial charge is 0.256 e. The second-order valence-corrected chi connectivity index (χ2v) is 3.05. The number of amides is 1. The first kappa shape index (κ1) is 11.1. The van der Waals surface area contributed by atoms with Crippen LogP contribution < -0.4 is 5.32 Å². The molecule has 1 rings (SSSR count). The minimum absolute atomic E-state index is 0.120. The zero-order valence-corrected chi connectivity index (χ0v) is 8.63. The van der Waals surface area contributed by atoms with Crippen molar-refractivity contribution in [1.29, 1.82) is 0 Å². The summed E-state index contributed by atoms with van der Waals surface area (Å²) in [6.07, 6.45) is 2.16. The van der Waals surface area contributed by atoms with Crippen molar-refractivity contribution < 1.29 is 13.9 Å². The summed E-state index contributed by atoms with van der Waals surface area (Å²) in [5, 5.41) is 2.82. The Morgan fingerprint density at radius 1 is 1.71 bits per heavy atom. The molecule has 0 aromatic carbocycles. The van der Waals surface area contributed by atoms with Gasteiger partial charge < -0.3 is 14.5 Å². The Morgan fingerprint density at radius 3 is 3.07 bits per heavy atom. The van der Waals surface area contributed by atoms with E-state index in [1.165, 1.54) is 12.3 Å². The molecule has 1 aromatic heterocycles. The first-order valence-corrected chi connectivity index (χ1v) is 4.63. The SMILES string of the molecule is COCCCNC(=O)c1ccoc1Cl. The second kappa shape index (κ2) is 5.67. The van der Waals surface area contributed by atoms with Gasteiger partial charge in [-0.15, -0.1) is 0 Å². The van der Waals surface area contributed by atoms with Crippen molar-refractivity contribution in [3.05, 3.63) is 23.1 Å². The van der Waals surface area contributed by atoms with E-state index in [4.69, 9.17) is 20.8 Å². The Morgan fingerprint density at radius 2 is 2.50 bits per heavy atom. The summed E-state index contributed by atoms with van der Waals surface area (Å²) in [7, 11) is 1.62. The molecule has 0 aliphatic heterocycles. The summed E-state index contributed by atoms with van der Waals surface area (Å²) >= 11 is 5.62. The topological polar surface area (TPSA) is 51.5 Å². The molecule has 14 heavy (non-hydrogen) atoms. The summed E-state index contributed by atoms with van der Waals surface area (Å²) in [6.45, 7) is 1.19. The third-order valence-electron chi connectivity index (χ3n) is 1.67. The molecule has 0 saturated heterocycles. The molecular formula is C9H12ClNO3. The molecule has 0 bridgehead atoms. The van der Waals surface area contributed by atoms with E-state index in [2.05, 4.69) is 5.32 Å². The molecule has 1 heterocycles. The lowest BCUT2D eigenvalue weighted by Crippen LogP contribution is -2.24. The Balaban J connectivity index is 2.32. The Hall–Kier alpha value is -1.00. The van der Waals surface area contributed by atoms with Gasteiger partial charge in [-0.1, -0.05) is 0 Å². The number of carbonyl (C=O) groups excluding carboxylic acids is 1. The van der Waals surface area contributed by atoms with Gasteiger partial charge in [0, 0.05) is 20.3 Å². The van der Waals surface area contributed by atoms with Gasteiger partial charge in [-0.2, -0.15) is 0 Å². The summed E-state index contributed by atoms with van der Waals surface area (Å²) in [4.78, 5) is 11.4. The summed E-state index contributed by atoms with van der Waals surface area (Å²) in [5.74, 6) is -0.222. The van der Waals surface area contributed by atoms with E-state index in [0.29, 0.717) is 18.7 Å². The molecule has 0 fully saturated rings. The standard InChI is InChI=1S/C9H12ClNO3/c1-13-5-2-4-11-9(12)7-3-6-14-8(7)10/h3,6H,2,4-5H2,1H3,(H,11,12). The van der Waals surface area contributed by atoms with E-state index in [-0.39, 0.29) is 11.1 Å². The normalized spacial score (nSPS) is 10.1. The fourth-order valence-electron chi connectivity index (χ4n) is 0.969. The maximum atomic E-state index is 11.4. The molecular weight excluding hydrogens is 206 g/mol. The van der Waals surface area contributed by atoms with Crippen molar-refractivity contribution in [3.8, 4) is 0 Å². The van der Waals surface area contributed by atoms with Crippen molar-refractivity contribution >= 4 is 17.5 Å². The average Bonchev–Trinajstić information content (AvgIpc) is 2.59. The highest BCUT2D eigenvalue weighted by Crippen LogP contribution is 2.15. The maximum Gasteiger partial charge on any atom is 0.256 e. The number of methoxy groups -OCH3 is 1. The van der Waals surface area contributed by atoms with Crippen LogP contribution in [0.2, 0.25) is 5.22 Å². The summed E-state index contributed by atoms with van der Waals surface area (Å²) in [5.41, 5.74) is 0.365. The molecule has 0 aliphatic carbocycles. The van der Waals surface area contributed by atoms with Crippen molar-refractivity contribution in [1.82, 2.24) is 5.32 Å². The number of nitrogens with one attached hydrogen (secondary N) is 1. The highest BCUT2D eigenvalue weighted by Gasteiger charge is 2.11. The van der Waals surface area contributed by atoms with E-state index in [9.17, 15) is 4.79 Å². The molecule has 4 nitrogen and oxygen atoms in total. The zero-order chi connectivity index (χ0) is 10.4. The molecule has 0 atom stereocenters. The Bertz CT molecular complexity index is 298. The van der Waals surface area contributed by atoms with Crippen molar-refractivity contribution in [3.63, 3.8) is 0 Å². The van der Waals surface area contributed by atoms with Crippen LogP contribution in [0.25, 0.3) is 0 Å². The van der Waals surface area contributed by atoms with Crippen molar-refractivity contribution in [2.24, 2.45) is 0 Å². The molecule has 0 radical (unpaired) electrons. The molecule has 0 spiro atoms. The number of rotatable bonds is 5. The van der Waals surface area contributed by atoms with Crippen LogP contribution in [0.1, 0.15) is 16.8 Å². The van der Waals surface area contributed by atoms with Gasteiger partial charge in [0.05, 0.1) is 11.8 Å². The van der Waals surface area contributed by atoms with Crippen LogP contribution in [-0.4, -0.2) is 26.2 Å². The number of carbonyl (C=O) groups is 1. The number of hydrogen-bond acceptors (Lipinski definition) is 3. The van der Waals surface area contributed by atoms with Gasteiger partial charge in [0.15, 0.2) is 0 Å². The number of halogens is 1. The van der Waals surface area contributed by atoms with Gasteiger partial charge in [-0.3, -0.25) is 4.79 Å². The molecule has 1 N–H and O–H groups in total. The number of ether oxygens (including phenoxy) is 1. The van der Waals surface area contributed by atoms with Crippen LogP contribution in [0.15, 0.2) is 16.7 Å². The number of furan rings is 1. The van der Waals surface area contributed by atoms with Gasteiger partial charge in [0.25, 0.3) is 5.91 Å². The second-order valence-electron chi connectivity index (χ2n) is 2.71. The first-order valence-electron chi connectivity index (χ1n) is 4.26. The van der Waals surface area contributed by atoms with Crippen LogP contribution in [0.5, 0.6) is 0 Å². The first-order chi connectivity index (χ1) is 6.75. The van der Waals surface area contributed by atoms with E-state index >= 15 is 0 Å². The predicted molar refractivity (Wildman–Crippen MR) is 52.5 cm³/mol. The molecule has 1 aromatic rings. The fraction of sp³-hybridized carbons (Fsp3) is 0.444. The maximum absolute atomic E-state index is 11.4. The highest BCUT2D eigenvalue weighted by atomic mass is 35.5. The van der Waals surface area contributed by atoms with Crippen molar-refractivity contribution in [2.75, 3.05) is 20.3 Å². The molecule has 78 valence electrons. The predicted octanol–water partition coefficient (Wildman–Crippen LogP) is 1.70. The average molecular weight is 218 g/mol. The lowest BCUT2D eigenvalue weighted by Gasteiger charge is -2.02. The van der Waals surface area contributed by atoms with Gasteiger partial charge in [0.2, 0.25) is 5.22 Å². The minimum atomic E-state index is -0.222. The summed E-state index contributed by atoms with van der Waals surface area (Å²) in [6, 6.07) is 1.54. The van der Waals surface area contributed by atoms with Gasteiger partial charge in [-0.05, 0) is 24.1 Å². The quantitative estimate of drug-likeness (QED) is 0.764. The third-order valence-corrected chi connectivity index (χ3v) is 1.97. The van der Waals surface area contributed by atoms with Crippen LogP contribution >= 0.6 is 11.6 Å². The minimum Gasteiger partial charge on any atom is -0.452 e. The van der Waals surface area contributed by atoms with Crippen LogP contribution in [0, 0.1) is 0 Å². The Kier molecular flexibility index (Phi) is 4.49. The Labute approximate surface area is 87.2 Å². The van der Waals surface area contributed by atoms with Crippen molar-refractivity contribution in [2.45, 2.75) is 6.42 Å². The van der Waals surface area contributed by atoms with Crippen LogP contribution in [0.3, 0.4) is 0 Å². The van der Waals surface area contributed by atoms with Crippen LogP contribution in [-0.2, 0) is 4.74 Å². The monoisotopic (exact) mass is 217 g/mol. The van der Waals surface area contributed by atoms with E-state index in [1.807, 2.05) is 0 Å². The van der Waals surface area contributed by atoms with Gasteiger partial charge in [0.1, 0.15) is 0 Å². The highest BCUT2D eigenvalue weighted by molar-refractivity contribution is 6.32. The number of hydrogen-bond donors (Lipinski definition) is 1. The van der Waals surface area contributed by atoms with E-state index in [0.717, 1.165) is 6.42 Å². The zero-order valence-electron chi connectivity index (χ0n) is 7.88. The fourth-order valence-corrected chi connectivity index (χ4v) is 1.17. The molecule has 1 amide bonds. The lowest BCUT2D eigenvalue weighted by atomic mass is 10.3. The largest absolute Gasteiger partial charge is 0.452 e. The third kappa shape index (κ3) is 3.05. The molecule has 0 aliphatic rings. The van der Waals surface area contributed by atoms with Crippen LogP contribution in [0.4, 0.5) is 0 Å². The van der Waals surface area contributed by atoms with E-state index < -0.39 is 0 Å². The molecule has 5 heteroatoms. The summed E-state index contributed by atoms with van der Waals surface area (Å²) < 4.78 is 9.64. The van der Waals surface area contributed by atoms with Gasteiger partial charge in [-0.25, -0.2) is 0 Å². The van der Waals surface area contributed by atoms with E-state index in [1.54, 1.807) is 7.11 Å². The molecule has 0 unspecified atom stereocenters. The molecule has 0 saturated carbocycles. The lowest BCUT2D eigenvalue weighted by molar-refractivity contribution is 0.0948. The van der Waals surface area contributed by atoms with Gasteiger partial charge >= 0.3 is 0 Å².